The lowest BCUT2D eigenvalue weighted by molar-refractivity contribution is -0.384. The molecule has 4 rings (SSSR count). The SMILES string of the molecule is CN1CCN(c2ccc(-c3noc(-c4cccnc4)n3)cc2[N+](=O)[O-])CC1. The fourth-order valence-corrected chi connectivity index (χ4v) is 3.07. The Kier molecular flexibility index (Phi) is 4.51. The lowest BCUT2D eigenvalue weighted by Gasteiger charge is -2.33. The Morgan fingerprint density at radius 3 is 2.67 bits per heavy atom. The number of likely N-dealkylation sites (N-methyl/N-ethyl adjacent to an activating group) is 1. The number of anilines is 1. The van der Waals surface area contributed by atoms with Gasteiger partial charge in [0.05, 0.1) is 10.5 Å². The van der Waals surface area contributed by atoms with Gasteiger partial charge in [-0.25, -0.2) is 0 Å². The molecule has 1 fully saturated rings. The zero-order chi connectivity index (χ0) is 18.8. The average Bonchev–Trinajstić information content (AvgIpc) is 3.19. The van der Waals surface area contributed by atoms with Crippen molar-refractivity contribution in [3.63, 3.8) is 0 Å². The van der Waals surface area contributed by atoms with E-state index < -0.39 is 0 Å². The van der Waals surface area contributed by atoms with E-state index in [4.69, 9.17) is 4.52 Å². The number of benzene rings is 1. The maximum atomic E-state index is 11.6. The summed E-state index contributed by atoms with van der Waals surface area (Å²) >= 11 is 0. The summed E-state index contributed by atoms with van der Waals surface area (Å²) in [6.07, 6.45) is 3.28. The second-order valence-corrected chi connectivity index (χ2v) is 6.42. The van der Waals surface area contributed by atoms with Crippen molar-refractivity contribution in [1.29, 1.82) is 0 Å². The Labute approximate surface area is 155 Å². The molecule has 0 N–H and O–H groups in total. The van der Waals surface area contributed by atoms with Crippen LogP contribution < -0.4 is 4.90 Å². The molecule has 0 saturated carbocycles. The van der Waals surface area contributed by atoms with Gasteiger partial charge < -0.3 is 14.3 Å². The van der Waals surface area contributed by atoms with Crippen molar-refractivity contribution in [2.75, 3.05) is 38.1 Å². The number of rotatable bonds is 4. The van der Waals surface area contributed by atoms with E-state index in [2.05, 4.69) is 20.0 Å². The van der Waals surface area contributed by atoms with Gasteiger partial charge >= 0.3 is 0 Å². The van der Waals surface area contributed by atoms with E-state index in [0.717, 1.165) is 26.2 Å². The minimum absolute atomic E-state index is 0.0461. The summed E-state index contributed by atoms with van der Waals surface area (Å²) in [5.41, 5.74) is 1.90. The lowest BCUT2D eigenvalue weighted by Crippen LogP contribution is -2.44. The van der Waals surface area contributed by atoms with Crippen molar-refractivity contribution >= 4 is 11.4 Å². The third-order valence-electron chi connectivity index (χ3n) is 4.61. The first-order chi connectivity index (χ1) is 13.1. The number of piperazine rings is 1. The monoisotopic (exact) mass is 366 g/mol. The second kappa shape index (κ2) is 7.12. The molecule has 27 heavy (non-hydrogen) atoms. The van der Waals surface area contributed by atoms with Gasteiger partial charge in [-0.15, -0.1) is 0 Å². The Morgan fingerprint density at radius 1 is 1.15 bits per heavy atom. The molecule has 1 saturated heterocycles. The van der Waals surface area contributed by atoms with Crippen LogP contribution >= 0.6 is 0 Å². The van der Waals surface area contributed by atoms with Crippen molar-refractivity contribution in [3.05, 3.63) is 52.8 Å². The highest BCUT2D eigenvalue weighted by Crippen LogP contribution is 2.33. The summed E-state index contributed by atoms with van der Waals surface area (Å²) in [5.74, 6) is 0.630. The standard InChI is InChI=1S/C18H18N6O3/c1-22-7-9-23(10-8-22)15-5-4-13(11-16(15)24(25)26)17-20-18(27-21-17)14-3-2-6-19-12-14/h2-6,11-12H,7-10H2,1H3. The van der Waals surface area contributed by atoms with Crippen LogP contribution in [0, 0.1) is 10.1 Å². The van der Waals surface area contributed by atoms with Crippen LogP contribution in [0.3, 0.4) is 0 Å². The Bertz CT molecular complexity index is 951. The molecule has 0 unspecified atom stereocenters. The van der Waals surface area contributed by atoms with Crippen LogP contribution in [0.4, 0.5) is 11.4 Å². The van der Waals surface area contributed by atoms with Crippen LogP contribution in [0.5, 0.6) is 0 Å². The summed E-state index contributed by atoms with van der Waals surface area (Å²) in [7, 11) is 2.05. The van der Waals surface area contributed by atoms with Crippen molar-refractivity contribution in [3.8, 4) is 22.8 Å². The number of aromatic nitrogens is 3. The highest BCUT2D eigenvalue weighted by Gasteiger charge is 2.24. The molecule has 0 amide bonds. The molecule has 9 heteroatoms. The molecule has 138 valence electrons. The molecule has 2 aromatic heterocycles. The van der Waals surface area contributed by atoms with E-state index in [1.807, 2.05) is 18.0 Å². The zero-order valence-electron chi connectivity index (χ0n) is 14.8. The van der Waals surface area contributed by atoms with Gasteiger partial charge in [-0.2, -0.15) is 4.98 Å². The van der Waals surface area contributed by atoms with Gasteiger partial charge in [-0.3, -0.25) is 15.1 Å². The van der Waals surface area contributed by atoms with Crippen LogP contribution in [0.2, 0.25) is 0 Å². The molecule has 3 heterocycles. The average molecular weight is 366 g/mol. The van der Waals surface area contributed by atoms with Crippen molar-refractivity contribution in [1.82, 2.24) is 20.0 Å². The highest BCUT2D eigenvalue weighted by atomic mass is 16.6. The molecular formula is C18H18N6O3. The van der Waals surface area contributed by atoms with Gasteiger partial charge in [0.2, 0.25) is 5.82 Å². The number of nitrogens with zero attached hydrogens (tertiary/aromatic N) is 6. The predicted molar refractivity (Wildman–Crippen MR) is 99.3 cm³/mol. The van der Waals surface area contributed by atoms with Gasteiger partial charge in [0.15, 0.2) is 0 Å². The van der Waals surface area contributed by atoms with E-state index in [-0.39, 0.29) is 10.6 Å². The molecular weight excluding hydrogens is 348 g/mol. The Morgan fingerprint density at radius 2 is 1.96 bits per heavy atom. The predicted octanol–water partition coefficient (Wildman–Crippen LogP) is 2.46. The molecule has 0 radical (unpaired) electrons. The van der Waals surface area contributed by atoms with E-state index >= 15 is 0 Å². The number of nitro groups is 1. The number of nitro benzene ring substituents is 1. The molecule has 9 nitrogen and oxygen atoms in total. The quantitative estimate of drug-likeness (QED) is 0.513. The minimum atomic E-state index is -0.362. The van der Waals surface area contributed by atoms with Gasteiger partial charge in [0, 0.05) is 50.2 Å². The van der Waals surface area contributed by atoms with Crippen LogP contribution in [-0.4, -0.2) is 58.2 Å². The van der Waals surface area contributed by atoms with Gasteiger partial charge in [0.25, 0.3) is 11.6 Å². The number of pyridine rings is 1. The van der Waals surface area contributed by atoms with Crippen molar-refractivity contribution in [2.24, 2.45) is 0 Å². The molecule has 0 atom stereocenters. The van der Waals surface area contributed by atoms with E-state index in [1.54, 1.807) is 30.6 Å². The molecule has 1 aliphatic rings. The van der Waals surface area contributed by atoms with Crippen LogP contribution in [-0.2, 0) is 0 Å². The minimum Gasteiger partial charge on any atom is -0.363 e. The molecule has 0 aliphatic carbocycles. The fraction of sp³-hybridized carbons (Fsp3) is 0.278. The maximum Gasteiger partial charge on any atom is 0.293 e. The zero-order valence-corrected chi connectivity index (χ0v) is 14.8. The second-order valence-electron chi connectivity index (χ2n) is 6.42. The third kappa shape index (κ3) is 3.49. The Balaban J connectivity index is 1.66. The first-order valence-electron chi connectivity index (χ1n) is 8.58. The number of hydrogen-bond acceptors (Lipinski definition) is 8. The lowest BCUT2D eigenvalue weighted by atomic mass is 10.1. The van der Waals surface area contributed by atoms with Crippen LogP contribution in [0.1, 0.15) is 0 Å². The highest BCUT2D eigenvalue weighted by molar-refractivity contribution is 5.72. The van der Waals surface area contributed by atoms with Gasteiger partial charge in [-0.05, 0) is 31.3 Å². The molecule has 3 aromatic rings. The van der Waals surface area contributed by atoms with Gasteiger partial charge in [0.1, 0.15) is 5.69 Å². The molecule has 1 aromatic carbocycles. The Hall–Kier alpha value is -3.33. The van der Waals surface area contributed by atoms with Crippen LogP contribution in [0.25, 0.3) is 22.8 Å². The molecule has 1 aliphatic heterocycles. The van der Waals surface area contributed by atoms with Gasteiger partial charge in [-0.1, -0.05) is 5.16 Å². The summed E-state index contributed by atoms with van der Waals surface area (Å²) in [5, 5.41) is 15.6. The third-order valence-corrected chi connectivity index (χ3v) is 4.61. The molecule has 0 bridgehead atoms. The van der Waals surface area contributed by atoms with E-state index in [9.17, 15) is 10.1 Å². The van der Waals surface area contributed by atoms with Crippen molar-refractivity contribution in [2.45, 2.75) is 0 Å². The molecule has 0 spiro atoms. The fourth-order valence-electron chi connectivity index (χ4n) is 3.07. The van der Waals surface area contributed by atoms with E-state index in [0.29, 0.717) is 28.5 Å². The first-order valence-corrected chi connectivity index (χ1v) is 8.58. The normalized spacial score (nSPS) is 15.1. The van der Waals surface area contributed by atoms with Crippen LogP contribution in [0.15, 0.2) is 47.2 Å². The summed E-state index contributed by atoms with van der Waals surface area (Å²) in [4.78, 5) is 23.9. The summed E-state index contributed by atoms with van der Waals surface area (Å²) in [6, 6.07) is 8.64. The van der Waals surface area contributed by atoms with Crippen molar-refractivity contribution < 1.29 is 9.45 Å². The number of hydrogen-bond donors (Lipinski definition) is 0. The smallest absolute Gasteiger partial charge is 0.293 e. The summed E-state index contributed by atoms with van der Waals surface area (Å²) < 4.78 is 5.28. The summed E-state index contributed by atoms with van der Waals surface area (Å²) in [6.45, 7) is 3.25. The maximum absolute atomic E-state index is 11.6. The largest absolute Gasteiger partial charge is 0.363 e. The van der Waals surface area contributed by atoms with E-state index in [1.165, 1.54) is 6.07 Å². The first kappa shape index (κ1) is 17.1. The topological polar surface area (TPSA) is 101 Å².